The van der Waals surface area contributed by atoms with Crippen LogP contribution in [0.4, 0.5) is 0 Å². The summed E-state index contributed by atoms with van der Waals surface area (Å²) in [5.41, 5.74) is 7.06. The largest absolute Gasteiger partial charge is 0.304 e. The van der Waals surface area contributed by atoms with Gasteiger partial charge in [-0.05, 0) is 74.2 Å². The molecule has 0 aromatic rings. The molecule has 32 heavy (non-hydrogen) atoms. The molecule has 0 bridgehead atoms. The molecule has 186 valence electrons. The Morgan fingerprint density at radius 2 is 1.28 bits per heavy atom. The van der Waals surface area contributed by atoms with Gasteiger partial charge in [0.2, 0.25) is 0 Å². The van der Waals surface area contributed by atoms with E-state index in [2.05, 4.69) is 46.1 Å². The third-order valence-electron chi connectivity index (χ3n) is 8.73. The lowest BCUT2D eigenvalue weighted by atomic mass is 9.91. The Kier molecular flexibility index (Phi) is 12.9. The number of hydrogen-bond donors (Lipinski definition) is 1. The molecule has 1 atom stereocenters. The van der Waals surface area contributed by atoms with E-state index in [1.807, 2.05) is 0 Å². The van der Waals surface area contributed by atoms with Crippen molar-refractivity contribution in [1.29, 1.82) is 0 Å². The standard InChI is InChI=1S/C30H57NSi/c1-7-10-12-14-15-18-21-27-25(4)29(26(9-3)28(27)22-17-13-11-8-2)31-30(32(5)6)23-19-16-20-24-30/h29,31-32H,7-24H2,1-6H3. The fourth-order valence-corrected chi connectivity index (χ4v) is 8.55. The molecule has 0 radical (unpaired) electrons. The van der Waals surface area contributed by atoms with Crippen molar-refractivity contribution in [2.45, 2.75) is 168 Å². The summed E-state index contributed by atoms with van der Waals surface area (Å²) < 4.78 is 0. The summed E-state index contributed by atoms with van der Waals surface area (Å²) in [6.07, 6.45) is 25.0. The molecule has 0 aliphatic heterocycles. The minimum Gasteiger partial charge on any atom is -0.304 e. The third kappa shape index (κ3) is 7.59. The zero-order chi connectivity index (χ0) is 23.4. The summed E-state index contributed by atoms with van der Waals surface area (Å²) >= 11 is 0. The van der Waals surface area contributed by atoms with E-state index in [0.717, 1.165) is 0 Å². The summed E-state index contributed by atoms with van der Waals surface area (Å²) in [7, 11) is -0.777. The maximum atomic E-state index is 4.41. The molecule has 0 amide bonds. The van der Waals surface area contributed by atoms with Gasteiger partial charge in [0.1, 0.15) is 0 Å². The van der Waals surface area contributed by atoms with Crippen LogP contribution in [0.2, 0.25) is 13.1 Å². The van der Waals surface area contributed by atoms with Gasteiger partial charge in [-0.1, -0.05) is 104 Å². The van der Waals surface area contributed by atoms with Crippen molar-refractivity contribution in [3.63, 3.8) is 0 Å². The predicted molar refractivity (Wildman–Crippen MR) is 148 cm³/mol. The molecule has 2 aliphatic rings. The monoisotopic (exact) mass is 459 g/mol. The van der Waals surface area contributed by atoms with Gasteiger partial charge in [0, 0.05) is 5.16 Å². The van der Waals surface area contributed by atoms with Gasteiger partial charge in [-0.25, -0.2) is 0 Å². The lowest BCUT2D eigenvalue weighted by Crippen LogP contribution is -2.59. The van der Waals surface area contributed by atoms with Gasteiger partial charge in [-0.3, -0.25) is 0 Å². The van der Waals surface area contributed by atoms with E-state index in [0.29, 0.717) is 11.2 Å². The summed E-state index contributed by atoms with van der Waals surface area (Å²) in [5, 5.41) is 4.89. The average Bonchev–Trinajstić information content (AvgIpc) is 3.04. The fourth-order valence-electron chi connectivity index (χ4n) is 6.48. The molecule has 2 heteroatoms. The van der Waals surface area contributed by atoms with E-state index < -0.39 is 8.80 Å². The summed E-state index contributed by atoms with van der Waals surface area (Å²) in [6.45, 7) is 14.8. The molecule has 0 saturated heterocycles. The van der Waals surface area contributed by atoms with Crippen molar-refractivity contribution in [1.82, 2.24) is 5.32 Å². The smallest absolute Gasteiger partial charge is 0.0545 e. The molecule has 2 aliphatic carbocycles. The van der Waals surface area contributed by atoms with Crippen LogP contribution in [0.5, 0.6) is 0 Å². The fraction of sp³-hybridized carbons (Fsp3) is 0.867. The second-order valence-corrected chi connectivity index (χ2v) is 14.7. The topological polar surface area (TPSA) is 12.0 Å². The Labute approximate surface area is 203 Å². The highest BCUT2D eigenvalue weighted by atomic mass is 28.3. The van der Waals surface area contributed by atoms with Crippen LogP contribution in [0.15, 0.2) is 22.3 Å². The second-order valence-electron chi connectivity index (χ2n) is 11.3. The van der Waals surface area contributed by atoms with E-state index in [-0.39, 0.29) is 0 Å². The van der Waals surface area contributed by atoms with Crippen molar-refractivity contribution in [2.24, 2.45) is 0 Å². The highest BCUT2D eigenvalue weighted by molar-refractivity contribution is 6.59. The van der Waals surface area contributed by atoms with Crippen molar-refractivity contribution in [3.05, 3.63) is 22.3 Å². The van der Waals surface area contributed by atoms with Crippen LogP contribution in [-0.2, 0) is 0 Å². The minimum absolute atomic E-state index is 0.480. The average molecular weight is 460 g/mol. The van der Waals surface area contributed by atoms with Crippen LogP contribution < -0.4 is 5.32 Å². The lowest BCUT2D eigenvalue weighted by molar-refractivity contribution is 0.308. The van der Waals surface area contributed by atoms with Crippen LogP contribution in [0.3, 0.4) is 0 Å². The van der Waals surface area contributed by atoms with Gasteiger partial charge >= 0.3 is 0 Å². The highest BCUT2D eigenvalue weighted by Gasteiger charge is 2.40. The molecule has 1 unspecified atom stereocenters. The van der Waals surface area contributed by atoms with Crippen LogP contribution >= 0.6 is 0 Å². The van der Waals surface area contributed by atoms with Gasteiger partial charge in [0.05, 0.1) is 14.8 Å². The zero-order valence-electron chi connectivity index (χ0n) is 22.9. The molecule has 0 aromatic carbocycles. The molecule has 1 N–H and O–H groups in total. The first-order chi connectivity index (χ1) is 15.5. The molecule has 1 nitrogen and oxygen atoms in total. The number of unbranched alkanes of at least 4 members (excludes halogenated alkanes) is 8. The molecule has 0 spiro atoms. The van der Waals surface area contributed by atoms with Gasteiger partial charge < -0.3 is 5.32 Å². The Hall–Kier alpha value is -0.343. The van der Waals surface area contributed by atoms with Crippen molar-refractivity contribution >= 4 is 8.80 Å². The summed E-state index contributed by atoms with van der Waals surface area (Å²) in [5.74, 6) is 0. The van der Waals surface area contributed by atoms with Crippen LogP contribution in [-0.4, -0.2) is 20.0 Å². The SMILES string of the molecule is CCCCCCCCC1=C(C)C(NC2([SiH](C)C)CCCCC2)C(CC)=C1CCCCCC. The Morgan fingerprint density at radius 3 is 1.84 bits per heavy atom. The molecule has 1 saturated carbocycles. The molecule has 0 aromatic heterocycles. The first-order valence-electron chi connectivity index (χ1n) is 14.7. The third-order valence-corrected chi connectivity index (χ3v) is 11.7. The van der Waals surface area contributed by atoms with Gasteiger partial charge in [0.15, 0.2) is 0 Å². The molecule has 2 rings (SSSR count). The Balaban J connectivity index is 2.19. The van der Waals surface area contributed by atoms with Crippen LogP contribution in [0.1, 0.15) is 143 Å². The lowest BCUT2D eigenvalue weighted by Gasteiger charge is -2.44. The Bertz CT molecular complexity index is 594. The first kappa shape index (κ1) is 27.9. The van der Waals surface area contributed by atoms with Crippen LogP contribution in [0.25, 0.3) is 0 Å². The summed E-state index contributed by atoms with van der Waals surface area (Å²) in [6, 6.07) is 0.546. The van der Waals surface area contributed by atoms with Gasteiger partial charge in [-0.2, -0.15) is 0 Å². The zero-order valence-corrected chi connectivity index (χ0v) is 24.0. The molecular formula is C30H57NSi. The highest BCUT2D eigenvalue weighted by Crippen LogP contribution is 2.42. The van der Waals surface area contributed by atoms with Crippen LogP contribution in [0, 0.1) is 0 Å². The first-order valence-corrected chi connectivity index (χ1v) is 17.6. The number of hydrogen-bond acceptors (Lipinski definition) is 1. The number of rotatable bonds is 16. The van der Waals surface area contributed by atoms with E-state index in [4.69, 9.17) is 0 Å². The number of nitrogens with one attached hydrogen (secondary N) is 1. The summed E-state index contributed by atoms with van der Waals surface area (Å²) in [4.78, 5) is 0. The van der Waals surface area contributed by atoms with Gasteiger partial charge in [0.25, 0.3) is 0 Å². The van der Waals surface area contributed by atoms with Gasteiger partial charge in [-0.15, -0.1) is 0 Å². The van der Waals surface area contributed by atoms with Crippen molar-refractivity contribution < 1.29 is 0 Å². The maximum Gasteiger partial charge on any atom is 0.0545 e. The minimum atomic E-state index is -0.777. The normalized spacial score (nSPS) is 21.3. The molecular weight excluding hydrogens is 402 g/mol. The predicted octanol–water partition coefficient (Wildman–Crippen LogP) is 9.43. The van der Waals surface area contributed by atoms with E-state index in [1.54, 1.807) is 22.3 Å². The molecule has 1 fully saturated rings. The van der Waals surface area contributed by atoms with Crippen molar-refractivity contribution in [2.75, 3.05) is 0 Å². The molecule has 0 heterocycles. The van der Waals surface area contributed by atoms with E-state index >= 15 is 0 Å². The number of allylic oxidation sites excluding steroid dienone is 2. The van der Waals surface area contributed by atoms with E-state index in [9.17, 15) is 0 Å². The maximum absolute atomic E-state index is 4.41. The van der Waals surface area contributed by atoms with E-state index in [1.165, 1.54) is 116 Å². The quantitative estimate of drug-likeness (QED) is 0.179. The Morgan fingerprint density at radius 1 is 0.750 bits per heavy atom. The second kappa shape index (κ2) is 14.8. The van der Waals surface area contributed by atoms with Crippen molar-refractivity contribution in [3.8, 4) is 0 Å².